The number of aromatic nitrogens is 2. The lowest BCUT2D eigenvalue weighted by Gasteiger charge is -2.38. The summed E-state index contributed by atoms with van der Waals surface area (Å²) >= 11 is 0. The summed E-state index contributed by atoms with van der Waals surface area (Å²) in [5.74, 6) is 0.612. The zero-order valence-corrected chi connectivity index (χ0v) is 14.5. The maximum atomic E-state index is 10.3. The molecule has 0 atom stereocenters. The highest BCUT2D eigenvalue weighted by atomic mass is 16.5. The highest BCUT2D eigenvalue weighted by molar-refractivity contribution is 5.83. The number of ether oxygens (including phenoxy) is 1. The fourth-order valence-electron chi connectivity index (χ4n) is 3.55. The highest BCUT2D eigenvalue weighted by Crippen LogP contribution is 2.44. The minimum absolute atomic E-state index is 0.168. The lowest BCUT2D eigenvalue weighted by molar-refractivity contribution is 0.145. The number of likely N-dealkylation sites (N-methyl/N-ethyl adjacent to an activating group) is 1. The van der Waals surface area contributed by atoms with Gasteiger partial charge in [-0.15, -0.1) is 0 Å². The van der Waals surface area contributed by atoms with Gasteiger partial charge < -0.3 is 24.4 Å². The van der Waals surface area contributed by atoms with Crippen molar-refractivity contribution in [2.45, 2.75) is 13.0 Å². The van der Waals surface area contributed by atoms with Crippen LogP contribution in [0.3, 0.4) is 0 Å². The molecule has 1 aliphatic heterocycles. The third-order valence-corrected chi connectivity index (χ3v) is 4.96. The van der Waals surface area contributed by atoms with Gasteiger partial charge in [0.05, 0.1) is 24.2 Å². The van der Waals surface area contributed by atoms with Crippen molar-refractivity contribution in [2.75, 3.05) is 27.2 Å². The van der Waals surface area contributed by atoms with Crippen LogP contribution in [0.25, 0.3) is 22.4 Å². The van der Waals surface area contributed by atoms with Crippen LogP contribution in [-0.4, -0.2) is 51.9 Å². The second-order valence-electron chi connectivity index (χ2n) is 6.62. The van der Waals surface area contributed by atoms with E-state index in [1.165, 1.54) is 7.11 Å². The second kappa shape index (κ2) is 5.67. The Balaban J connectivity index is 1.99. The van der Waals surface area contributed by atoms with Crippen LogP contribution in [-0.2, 0) is 0 Å². The van der Waals surface area contributed by atoms with E-state index in [2.05, 4.69) is 22.6 Å². The van der Waals surface area contributed by atoms with Crippen LogP contribution in [0.5, 0.6) is 17.2 Å². The second-order valence-corrected chi connectivity index (χ2v) is 6.62. The summed E-state index contributed by atoms with van der Waals surface area (Å²) in [5.41, 5.74) is 3.33. The minimum atomic E-state index is -0.241. The first-order chi connectivity index (χ1) is 12.0. The van der Waals surface area contributed by atoms with E-state index in [0.717, 1.165) is 35.5 Å². The number of benzene rings is 2. The molecule has 6 heteroatoms. The molecule has 2 N–H and O–H groups in total. The van der Waals surface area contributed by atoms with Crippen molar-refractivity contribution in [3.8, 4) is 28.6 Å². The molecule has 0 unspecified atom stereocenters. The van der Waals surface area contributed by atoms with Crippen LogP contribution >= 0.6 is 0 Å². The monoisotopic (exact) mass is 339 g/mol. The first-order valence-corrected chi connectivity index (χ1v) is 8.26. The predicted molar refractivity (Wildman–Crippen MR) is 96.3 cm³/mol. The molecule has 3 aromatic rings. The van der Waals surface area contributed by atoms with E-state index >= 15 is 0 Å². The van der Waals surface area contributed by atoms with E-state index in [0.29, 0.717) is 11.6 Å². The number of nitrogens with zero attached hydrogens (tertiary/aromatic N) is 3. The number of imidazole rings is 1. The van der Waals surface area contributed by atoms with E-state index in [-0.39, 0.29) is 17.2 Å². The summed E-state index contributed by atoms with van der Waals surface area (Å²) in [6, 6.07) is 10.1. The molecule has 0 spiro atoms. The van der Waals surface area contributed by atoms with Gasteiger partial charge in [-0.2, -0.15) is 0 Å². The van der Waals surface area contributed by atoms with Gasteiger partial charge in [0.25, 0.3) is 0 Å². The number of hydrogen-bond acceptors (Lipinski definition) is 5. The quantitative estimate of drug-likeness (QED) is 0.718. The van der Waals surface area contributed by atoms with Gasteiger partial charge in [-0.05, 0) is 32.2 Å². The van der Waals surface area contributed by atoms with Crippen molar-refractivity contribution in [1.82, 2.24) is 14.5 Å². The Labute approximate surface area is 145 Å². The molecule has 0 bridgehead atoms. The van der Waals surface area contributed by atoms with E-state index in [1.54, 1.807) is 13.0 Å². The zero-order chi connectivity index (χ0) is 17.7. The van der Waals surface area contributed by atoms with Crippen molar-refractivity contribution < 1.29 is 14.9 Å². The number of methoxy groups -OCH3 is 1. The molecular weight excluding hydrogens is 318 g/mol. The summed E-state index contributed by atoms with van der Waals surface area (Å²) in [7, 11) is 3.56. The average molecular weight is 339 g/mol. The molecular formula is C19H21N3O3. The van der Waals surface area contributed by atoms with E-state index < -0.39 is 0 Å². The van der Waals surface area contributed by atoms with Crippen LogP contribution in [0.4, 0.5) is 0 Å². The third-order valence-electron chi connectivity index (χ3n) is 4.96. The number of phenolic OH excluding ortho intramolecular Hbond substituents is 2. The molecule has 1 fully saturated rings. The summed E-state index contributed by atoms with van der Waals surface area (Å²) in [4.78, 5) is 7.07. The van der Waals surface area contributed by atoms with Crippen LogP contribution < -0.4 is 4.74 Å². The van der Waals surface area contributed by atoms with Crippen LogP contribution in [0.2, 0.25) is 0 Å². The van der Waals surface area contributed by atoms with Gasteiger partial charge in [-0.25, -0.2) is 4.98 Å². The molecule has 2 aromatic carbocycles. The van der Waals surface area contributed by atoms with Crippen molar-refractivity contribution in [1.29, 1.82) is 0 Å². The minimum Gasteiger partial charge on any atom is -0.504 e. The SMILES string of the molecule is COc1cc(-c2nc3ccccc3n2C2CN(C)C2)c(C)c(O)c1O. The van der Waals surface area contributed by atoms with Gasteiger partial charge >= 0.3 is 0 Å². The molecule has 0 saturated carbocycles. The molecule has 25 heavy (non-hydrogen) atoms. The third kappa shape index (κ3) is 2.33. The maximum absolute atomic E-state index is 10.3. The normalized spacial score (nSPS) is 15.5. The average Bonchev–Trinajstić information content (AvgIpc) is 2.96. The summed E-state index contributed by atoms with van der Waals surface area (Å²) in [5, 5.41) is 20.4. The molecule has 1 aromatic heterocycles. The van der Waals surface area contributed by atoms with Crippen molar-refractivity contribution in [3.63, 3.8) is 0 Å². The van der Waals surface area contributed by atoms with Crippen LogP contribution in [0, 0.1) is 6.92 Å². The molecule has 0 amide bonds. The number of hydrogen-bond donors (Lipinski definition) is 2. The lowest BCUT2D eigenvalue weighted by Crippen LogP contribution is -2.45. The number of para-hydroxylation sites is 2. The highest BCUT2D eigenvalue weighted by Gasteiger charge is 2.30. The fraction of sp³-hybridized carbons (Fsp3) is 0.316. The van der Waals surface area contributed by atoms with Crippen LogP contribution in [0.15, 0.2) is 30.3 Å². The molecule has 6 nitrogen and oxygen atoms in total. The molecule has 4 rings (SSSR count). The Morgan fingerprint density at radius 1 is 1.16 bits per heavy atom. The standard InChI is InChI=1S/C19H21N3O3/c1-11-13(8-16(25-3)18(24)17(11)23)19-20-14-6-4-5-7-15(14)22(19)12-9-21(2)10-12/h4-8,12,23-24H,9-10H2,1-3H3. The fourth-order valence-corrected chi connectivity index (χ4v) is 3.55. The first kappa shape index (κ1) is 15.8. The number of rotatable bonds is 3. The molecule has 130 valence electrons. The molecule has 0 radical (unpaired) electrons. The first-order valence-electron chi connectivity index (χ1n) is 8.26. The largest absolute Gasteiger partial charge is 0.504 e. The lowest BCUT2D eigenvalue weighted by atomic mass is 10.0. The Bertz CT molecular complexity index is 958. The Morgan fingerprint density at radius 2 is 1.88 bits per heavy atom. The summed E-state index contributed by atoms with van der Waals surface area (Å²) in [6.07, 6.45) is 0. The van der Waals surface area contributed by atoms with Crippen LogP contribution in [0.1, 0.15) is 11.6 Å². The smallest absolute Gasteiger partial charge is 0.200 e. The molecule has 0 aliphatic carbocycles. The van der Waals surface area contributed by atoms with E-state index in [4.69, 9.17) is 9.72 Å². The summed E-state index contributed by atoms with van der Waals surface area (Å²) < 4.78 is 7.45. The van der Waals surface area contributed by atoms with Gasteiger partial charge in [0.2, 0.25) is 5.75 Å². The van der Waals surface area contributed by atoms with Gasteiger partial charge in [0.1, 0.15) is 5.82 Å². The topological polar surface area (TPSA) is 70.8 Å². The van der Waals surface area contributed by atoms with Gasteiger partial charge in [-0.3, -0.25) is 0 Å². The number of aromatic hydroxyl groups is 2. The molecule has 1 saturated heterocycles. The Hall–Kier alpha value is -2.73. The van der Waals surface area contributed by atoms with Crippen molar-refractivity contribution in [2.24, 2.45) is 0 Å². The van der Waals surface area contributed by atoms with Crippen molar-refractivity contribution >= 4 is 11.0 Å². The van der Waals surface area contributed by atoms with Gasteiger partial charge in [-0.1, -0.05) is 12.1 Å². The molecule has 1 aliphatic rings. The van der Waals surface area contributed by atoms with Gasteiger partial charge in [0, 0.05) is 24.2 Å². The maximum Gasteiger partial charge on any atom is 0.200 e. The predicted octanol–water partition coefficient (Wildman–Crippen LogP) is 2.92. The number of fused-ring (bicyclic) bond motifs is 1. The zero-order valence-electron chi connectivity index (χ0n) is 14.5. The number of phenols is 2. The van der Waals surface area contributed by atoms with E-state index in [9.17, 15) is 10.2 Å². The Kier molecular flexibility index (Phi) is 3.58. The summed E-state index contributed by atoms with van der Waals surface area (Å²) in [6.45, 7) is 3.68. The number of likely N-dealkylation sites (tertiary alicyclic amines) is 1. The van der Waals surface area contributed by atoms with E-state index in [1.807, 2.05) is 18.2 Å². The van der Waals surface area contributed by atoms with Crippen molar-refractivity contribution in [3.05, 3.63) is 35.9 Å². The van der Waals surface area contributed by atoms with Gasteiger partial charge in [0.15, 0.2) is 11.5 Å². The Morgan fingerprint density at radius 3 is 2.56 bits per heavy atom. The molecule has 2 heterocycles.